The molecule has 3 heterocycles. The Balaban J connectivity index is 1.25. The first-order valence-corrected chi connectivity index (χ1v) is 11.1. The van der Waals surface area contributed by atoms with Crippen LogP contribution in [-0.4, -0.2) is 44.6 Å². The summed E-state index contributed by atoms with van der Waals surface area (Å²) in [6.07, 6.45) is 4.70. The van der Waals surface area contributed by atoms with Crippen molar-refractivity contribution in [1.82, 2.24) is 14.7 Å². The molecule has 8 heteroatoms. The maximum absolute atomic E-state index is 13.3. The lowest BCUT2D eigenvalue weighted by molar-refractivity contribution is -0.117. The molecule has 1 fully saturated rings. The quantitative estimate of drug-likeness (QED) is 0.634. The minimum Gasteiger partial charge on any atom is -0.326 e. The SMILES string of the molecule is CC12CCC(=O)N1c1ccccc1C(=O)N2CCC(=O)Nc1ccc(Cn2cccn2)cc1. The van der Waals surface area contributed by atoms with Gasteiger partial charge in [0, 0.05) is 37.5 Å². The van der Waals surface area contributed by atoms with Crippen LogP contribution in [0.4, 0.5) is 11.4 Å². The molecule has 0 spiro atoms. The van der Waals surface area contributed by atoms with E-state index in [1.807, 2.05) is 60.3 Å². The van der Waals surface area contributed by atoms with Crippen LogP contribution in [0.3, 0.4) is 0 Å². The second-order valence-electron chi connectivity index (χ2n) is 8.62. The number of carbonyl (C=O) groups is 3. The van der Waals surface area contributed by atoms with Crippen molar-refractivity contribution in [2.75, 3.05) is 16.8 Å². The Morgan fingerprint density at radius 3 is 2.64 bits per heavy atom. The van der Waals surface area contributed by atoms with Gasteiger partial charge >= 0.3 is 0 Å². The van der Waals surface area contributed by atoms with Gasteiger partial charge in [0.25, 0.3) is 5.91 Å². The maximum Gasteiger partial charge on any atom is 0.257 e. The van der Waals surface area contributed by atoms with Crippen LogP contribution in [0.1, 0.15) is 42.1 Å². The Kier molecular flexibility index (Phi) is 5.20. The normalized spacial score (nSPS) is 19.4. The van der Waals surface area contributed by atoms with E-state index in [4.69, 9.17) is 0 Å². The van der Waals surface area contributed by atoms with Crippen molar-refractivity contribution in [2.45, 2.75) is 38.4 Å². The lowest BCUT2D eigenvalue weighted by Crippen LogP contribution is -2.62. The summed E-state index contributed by atoms with van der Waals surface area (Å²) >= 11 is 0. The highest BCUT2D eigenvalue weighted by molar-refractivity contribution is 6.10. The maximum atomic E-state index is 13.3. The van der Waals surface area contributed by atoms with Gasteiger partial charge in [0.2, 0.25) is 11.8 Å². The summed E-state index contributed by atoms with van der Waals surface area (Å²) < 4.78 is 1.83. The standard InChI is InChI=1S/C25H25N5O3/c1-25-13-11-23(32)30(25)21-6-3-2-5-20(21)24(33)29(25)16-12-22(31)27-19-9-7-18(8-10-19)17-28-15-4-14-26-28/h2-10,14-15H,11-13,16-17H2,1H3,(H,27,31). The summed E-state index contributed by atoms with van der Waals surface area (Å²) in [6.45, 7) is 2.80. The molecule has 168 valence electrons. The summed E-state index contributed by atoms with van der Waals surface area (Å²) in [5, 5.41) is 7.10. The highest BCUT2D eigenvalue weighted by Gasteiger charge is 2.52. The van der Waals surface area contributed by atoms with E-state index in [-0.39, 0.29) is 30.7 Å². The number of carbonyl (C=O) groups excluding carboxylic acids is 3. The zero-order valence-electron chi connectivity index (χ0n) is 18.4. The predicted molar refractivity (Wildman–Crippen MR) is 124 cm³/mol. The number of amides is 3. The second kappa shape index (κ2) is 8.20. The Hall–Kier alpha value is -3.94. The van der Waals surface area contributed by atoms with Crippen LogP contribution in [0, 0.1) is 0 Å². The summed E-state index contributed by atoms with van der Waals surface area (Å²) in [5.41, 5.74) is 2.18. The van der Waals surface area contributed by atoms with Crippen LogP contribution in [-0.2, 0) is 16.1 Å². The molecule has 0 aliphatic carbocycles. The molecule has 0 saturated carbocycles. The van der Waals surface area contributed by atoms with Gasteiger partial charge < -0.3 is 10.2 Å². The molecule has 1 atom stereocenters. The summed E-state index contributed by atoms with van der Waals surface area (Å²) in [5.74, 6) is -0.321. The third-order valence-electron chi connectivity index (χ3n) is 6.45. The summed E-state index contributed by atoms with van der Waals surface area (Å²) in [4.78, 5) is 42.0. The van der Waals surface area contributed by atoms with Crippen LogP contribution in [0.2, 0.25) is 0 Å². The van der Waals surface area contributed by atoms with Crippen molar-refractivity contribution in [2.24, 2.45) is 0 Å². The molecule has 3 aromatic rings. The first-order chi connectivity index (χ1) is 16.0. The van der Waals surface area contributed by atoms with E-state index in [2.05, 4.69) is 10.4 Å². The van der Waals surface area contributed by atoms with Crippen LogP contribution in [0.25, 0.3) is 0 Å². The summed E-state index contributed by atoms with van der Waals surface area (Å²) in [7, 11) is 0. The minimum absolute atomic E-state index is 0.00195. The number of rotatable bonds is 6. The number of fused-ring (bicyclic) bond motifs is 3. The molecule has 1 saturated heterocycles. The van der Waals surface area contributed by atoms with Crippen LogP contribution >= 0.6 is 0 Å². The molecule has 33 heavy (non-hydrogen) atoms. The smallest absolute Gasteiger partial charge is 0.257 e. The van der Waals surface area contributed by atoms with Gasteiger partial charge in [0.05, 0.1) is 17.8 Å². The van der Waals surface area contributed by atoms with Gasteiger partial charge in [-0.15, -0.1) is 0 Å². The largest absolute Gasteiger partial charge is 0.326 e. The average Bonchev–Trinajstić information content (AvgIpc) is 3.43. The zero-order valence-corrected chi connectivity index (χ0v) is 18.4. The Bertz CT molecular complexity index is 1210. The second-order valence-corrected chi connectivity index (χ2v) is 8.62. The molecule has 2 aliphatic heterocycles. The number of benzene rings is 2. The minimum atomic E-state index is -0.753. The number of aromatic nitrogens is 2. The topological polar surface area (TPSA) is 87.5 Å². The van der Waals surface area contributed by atoms with Crippen LogP contribution in [0.5, 0.6) is 0 Å². The number of anilines is 2. The zero-order chi connectivity index (χ0) is 23.0. The van der Waals surface area contributed by atoms with E-state index in [1.165, 1.54) is 0 Å². The van der Waals surface area contributed by atoms with E-state index in [0.29, 0.717) is 36.3 Å². The first kappa shape index (κ1) is 20.9. The fraction of sp³-hybridized carbons (Fsp3) is 0.280. The van der Waals surface area contributed by atoms with Crippen molar-refractivity contribution in [1.29, 1.82) is 0 Å². The lowest BCUT2D eigenvalue weighted by Gasteiger charge is -2.48. The van der Waals surface area contributed by atoms with Gasteiger partial charge in [-0.05, 0) is 49.2 Å². The number of hydrogen-bond donors (Lipinski definition) is 1. The molecule has 3 amide bonds. The molecule has 8 nitrogen and oxygen atoms in total. The number of nitrogens with one attached hydrogen (secondary N) is 1. The van der Waals surface area contributed by atoms with Gasteiger partial charge in [0.1, 0.15) is 5.66 Å². The van der Waals surface area contributed by atoms with Crippen molar-refractivity contribution in [3.8, 4) is 0 Å². The predicted octanol–water partition coefficient (Wildman–Crippen LogP) is 3.26. The first-order valence-electron chi connectivity index (χ1n) is 11.1. The van der Waals surface area contributed by atoms with E-state index in [0.717, 1.165) is 5.56 Å². The Labute approximate surface area is 191 Å². The average molecular weight is 444 g/mol. The van der Waals surface area contributed by atoms with Crippen molar-refractivity contribution >= 4 is 29.1 Å². The van der Waals surface area contributed by atoms with E-state index in [9.17, 15) is 14.4 Å². The fourth-order valence-corrected chi connectivity index (χ4v) is 4.75. The van der Waals surface area contributed by atoms with Gasteiger partial charge in [-0.1, -0.05) is 24.3 Å². The third-order valence-corrected chi connectivity index (χ3v) is 6.45. The van der Waals surface area contributed by atoms with Gasteiger partial charge in [-0.3, -0.25) is 24.0 Å². The summed E-state index contributed by atoms with van der Waals surface area (Å²) in [6, 6.07) is 16.7. The van der Waals surface area contributed by atoms with E-state index in [1.54, 1.807) is 28.1 Å². The third kappa shape index (κ3) is 3.77. The number of para-hydroxylation sites is 1. The van der Waals surface area contributed by atoms with Crippen molar-refractivity contribution in [3.63, 3.8) is 0 Å². The molecule has 0 radical (unpaired) electrons. The molecule has 2 aliphatic rings. The molecular formula is C25H25N5O3. The lowest BCUT2D eigenvalue weighted by atomic mass is 9.98. The van der Waals surface area contributed by atoms with Crippen LogP contribution in [0.15, 0.2) is 67.0 Å². The highest BCUT2D eigenvalue weighted by Crippen LogP contribution is 2.43. The Morgan fingerprint density at radius 1 is 1.09 bits per heavy atom. The van der Waals surface area contributed by atoms with Gasteiger partial charge in [-0.2, -0.15) is 5.10 Å². The molecule has 5 rings (SSSR count). The molecular weight excluding hydrogens is 418 g/mol. The molecule has 1 N–H and O–H groups in total. The molecule has 1 unspecified atom stereocenters. The molecule has 1 aromatic heterocycles. The molecule has 0 bridgehead atoms. The Morgan fingerprint density at radius 2 is 1.88 bits per heavy atom. The molecule has 2 aromatic carbocycles. The van der Waals surface area contributed by atoms with Gasteiger partial charge in [-0.25, -0.2) is 0 Å². The van der Waals surface area contributed by atoms with E-state index >= 15 is 0 Å². The number of nitrogens with zero attached hydrogens (tertiary/aromatic N) is 4. The van der Waals surface area contributed by atoms with Gasteiger partial charge in [0.15, 0.2) is 0 Å². The van der Waals surface area contributed by atoms with Crippen LogP contribution < -0.4 is 10.2 Å². The monoisotopic (exact) mass is 443 g/mol. The fourth-order valence-electron chi connectivity index (χ4n) is 4.75. The van der Waals surface area contributed by atoms with Crippen molar-refractivity contribution < 1.29 is 14.4 Å². The highest BCUT2D eigenvalue weighted by atomic mass is 16.2. The van der Waals surface area contributed by atoms with E-state index < -0.39 is 5.66 Å². The number of hydrogen-bond acceptors (Lipinski definition) is 4. The van der Waals surface area contributed by atoms with Crippen molar-refractivity contribution in [3.05, 3.63) is 78.1 Å².